The van der Waals surface area contributed by atoms with Gasteiger partial charge in [-0.05, 0) is 13.8 Å². The van der Waals surface area contributed by atoms with E-state index in [0.29, 0.717) is 5.69 Å². The zero-order valence-electron chi connectivity index (χ0n) is 10.4. The molecule has 0 amide bonds. The van der Waals surface area contributed by atoms with Crippen LogP contribution in [0.25, 0.3) is 0 Å². The van der Waals surface area contributed by atoms with Crippen LogP contribution in [0.5, 0.6) is 0 Å². The van der Waals surface area contributed by atoms with E-state index in [9.17, 15) is 9.59 Å². The summed E-state index contributed by atoms with van der Waals surface area (Å²) in [5, 5.41) is 0.865. The normalized spacial score (nSPS) is 11.6. The first-order valence-corrected chi connectivity index (χ1v) is 6.04. The van der Waals surface area contributed by atoms with E-state index < -0.39 is 5.41 Å². The van der Waals surface area contributed by atoms with Crippen LogP contribution < -0.4 is 0 Å². The molecule has 1 aromatic heterocycles. The molecule has 1 aromatic rings. The standard InChI is InChI=1S/C12H17NO2S/c1-7-11(13-8(2)16-7)9(14)6-10(15)12(3,4)5/h6H2,1-5H3. The van der Waals surface area contributed by atoms with Gasteiger partial charge in [0.2, 0.25) is 0 Å². The van der Waals surface area contributed by atoms with Crippen molar-refractivity contribution in [2.24, 2.45) is 5.41 Å². The van der Waals surface area contributed by atoms with E-state index in [2.05, 4.69) is 4.98 Å². The lowest BCUT2D eigenvalue weighted by Gasteiger charge is -2.15. The largest absolute Gasteiger partial charge is 0.299 e. The van der Waals surface area contributed by atoms with Crippen molar-refractivity contribution < 1.29 is 9.59 Å². The molecule has 0 aliphatic heterocycles. The van der Waals surface area contributed by atoms with E-state index in [1.165, 1.54) is 11.3 Å². The van der Waals surface area contributed by atoms with Crippen molar-refractivity contribution in [1.82, 2.24) is 4.98 Å². The number of hydrogen-bond acceptors (Lipinski definition) is 4. The first-order chi connectivity index (χ1) is 7.21. The molecule has 0 radical (unpaired) electrons. The number of carbonyl (C=O) groups is 2. The van der Waals surface area contributed by atoms with Crippen molar-refractivity contribution in [3.8, 4) is 0 Å². The zero-order chi connectivity index (χ0) is 12.5. The average Bonchev–Trinajstić information content (AvgIpc) is 2.43. The lowest BCUT2D eigenvalue weighted by molar-refractivity contribution is -0.125. The van der Waals surface area contributed by atoms with Gasteiger partial charge in [-0.1, -0.05) is 20.8 Å². The first kappa shape index (κ1) is 13.0. The summed E-state index contributed by atoms with van der Waals surface area (Å²) in [6.45, 7) is 9.19. The molecule has 0 spiro atoms. The minimum Gasteiger partial charge on any atom is -0.299 e. The zero-order valence-corrected chi connectivity index (χ0v) is 11.2. The van der Waals surface area contributed by atoms with Crippen LogP contribution in [0.2, 0.25) is 0 Å². The number of nitrogens with zero attached hydrogens (tertiary/aromatic N) is 1. The summed E-state index contributed by atoms with van der Waals surface area (Å²) in [5.41, 5.74) is -0.00523. The van der Waals surface area contributed by atoms with Gasteiger partial charge in [0.05, 0.1) is 11.4 Å². The Kier molecular flexibility index (Phi) is 3.63. The fraction of sp³-hybridized carbons (Fsp3) is 0.583. The molecule has 0 aliphatic carbocycles. The minimum absolute atomic E-state index is 0.0393. The van der Waals surface area contributed by atoms with Gasteiger partial charge in [0.1, 0.15) is 11.5 Å². The fourth-order valence-corrected chi connectivity index (χ4v) is 2.12. The molecule has 0 atom stereocenters. The van der Waals surface area contributed by atoms with Gasteiger partial charge in [0.25, 0.3) is 0 Å². The van der Waals surface area contributed by atoms with Crippen LogP contribution in [0.15, 0.2) is 0 Å². The van der Waals surface area contributed by atoms with Gasteiger partial charge in [0, 0.05) is 10.3 Å². The van der Waals surface area contributed by atoms with Crippen LogP contribution in [0.3, 0.4) is 0 Å². The molecular weight excluding hydrogens is 222 g/mol. The lowest BCUT2D eigenvalue weighted by Crippen LogP contribution is -2.23. The summed E-state index contributed by atoms with van der Waals surface area (Å²) in [7, 11) is 0. The Morgan fingerprint density at radius 2 is 1.81 bits per heavy atom. The van der Waals surface area contributed by atoms with E-state index in [1.54, 1.807) is 0 Å². The summed E-state index contributed by atoms with van der Waals surface area (Å²) < 4.78 is 0. The van der Waals surface area contributed by atoms with Gasteiger partial charge in [-0.3, -0.25) is 9.59 Å². The summed E-state index contributed by atoms with van der Waals surface area (Å²) in [5.74, 6) is -0.204. The average molecular weight is 239 g/mol. The molecule has 0 N–H and O–H groups in total. The number of ketones is 2. The van der Waals surface area contributed by atoms with Gasteiger partial charge in [-0.15, -0.1) is 11.3 Å². The van der Waals surface area contributed by atoms with Crippen molar-refractivity contribution in [3.05, 3.63) is 15.6 Å². The van der Waals surface area contributed by atoms with Crippen molar-refractivity contribution in [2.45, 2.75) is 41.0 Å². The van der Waals surface area contributed by atoms with Crippen LogP contribution in [0, 0.1) is 19.3 Å². The minimum atomic E-state index is -0.464. The van der Waals surface area contributed by atoms with Crippen LogP contribution in [-0.4, -0.2) is 16.6 Å². The SMILES string of the molecule is Cc1nc(C(=O)CC(=O)C(C)(C)C)c(C)s1. The number of thiazole rings is 1. The summed E-state index contributed by atoms with van der Waals surface area (Å²) in [6, 6.07) is 0. The smallest absolute Gasteiger partial charge is 0.189 e. The van der Waals surface area contributed by atoms with E-state index in [4.69, 9.17) is 0 Å². The van der Waals surface area contributed by atoms with Gasteiger partial charge in [-0.25, -0.2) is 4.98 Å². The third-order valence-electron chi connectivity index (χ3n) is 2.33. The topological polar surface area (TPSA) is 47.0 Å². The molecule has 0 unspecified atom stereocenters. The van der Waals surface area contributed by atoms with Crippen molar-refractivity contribution in [1.29, 1.82) is 0 Å². The second-order valence-corrected chi connectivity index (χ2v) is 6.32. The predicted octanol–water partition coefficient (Wildman–Crippen LogP) is 2.95. The highest BCUT2D eigenvalue weighted by Crippen LogP contribution is 2.21. The number of hydrogen-bond donors (Lipinski definition) is 0. The molecule has 0 bridgehead atoms. The monoisotopic (exact) mass is 239 g/mol. The van der Waals surface area contributed by atoms with Gasteiger partial charge in [0.15, 0.2) is 5.78 Å². The molecule has 0 aromatic carbocycles. The third kappa shape index (κ3) is 2.98. The maximum Gasteiger partial charge on any atom is 0.189 e. The maximum absolute atomic E-state index is 11.9. The molecule has 0 saturated heterocycles. The Morgan fingerprint density at radius 1 is 1.25 bits per heavy atom. The van der Waals surface area contributed by atoms with Crippen LogP contribution in [0.4, 0.5) is 0 Å². The number of carbonyl (C=O) groups excluding carboxylic acids is 2. The highest BCUT2D eigenvalue weighted by Gasteiger charge is 2.25. The fourth-order valence-electron chi connectivity index (χ4n) is 1.28. The number of aryl methyl sites for hydroxylation is 2. The molecule has 1 heterocycles. The third-order valence-corrected chi connectivity index (χ3v) is 3.21. The van der Waals surface area contributed by atoms with Crippen molar-refractivity contribution in [3.63, 3.8) is 0 Å². The second kappa shape index (κ2) is 4.45. The molecule has 0 aliphatic rings. The Bertz CT molecular complexity index is 427. The van der Waals surface area contributed by atoms with Crippen molar-refractivity contribution in [2.75, 3.05) is 0 Å². The van der Waals surface area contributed by atoms with Crippen LogP contribution in [-0.2, 0) is 4.79 Å². The highest BCUT2D eigenvalue weighted by molar-refractivity contribution is 7.11. The lowest BCUT2D eigenvalue weighted by atomic mass is 9.87. The first-order valence-electron chi connectivity index (χ1n) is 5.22. The van der Waals surface area contributed by atoms with Gasteiger partial charge >= 0.3 is 0 Å². The second-order valence-electron chi connectivity index (χ2n) is 4.91. The van der Waals surface area contributed by atoms with Crippen LogP contribution in [0.1, 0.15) is 47.6 Å². The number of rotatable bonds is 3. The quantitative estimate of drug-likeness (QED) is 0.602. The molecule has 16 heavy (non-hydrogen) atoms. The Hall–Kier alpha value is -1.03. The highest BCUT2D eigenvalue weighted by atomic mass is 32.1. The van der Waals surface area contributed by atoms with Crippen molar-refractivity contribution >= 4 is 22.9 Å². The van der Waals surface area contributed by atoms with E-state index in [0.717, 1.165) is 9.88 Å². The predicted molar refractivity (Wildman–Crippen MR) is 65.0 cm³/mol. The summed E-state index contributed by atoms with van der Waals surface area (Å²) in [6.07, 6.45) is -0.0481. The van der Waals surface area contributed by atoms with Gasteiger partial charge in [-0.2, -0.15) is 0 Å². The van der Waals surface area contributed by atoms with E-state index in [1.807, 2.05) is 34.6 Å². The number of Topliss-reactive ketones (excluding diaryl/α,β-unsaturated/α-hetero) is 2. The molecular formula is C12H17NO2S. The molecule has 0 fully saturated rings. The summed E-state index contributed by atoms with van der Waals surface area (Å²) >= 11 is 1.49. The molecule has 88 valence electrons. The Labute approximate surface area is 99.9 Å². The summed E-state index contributed by atoms with van der Waals surface area (Å²) in [4.78, 5) is 28.6. The Morgan fingerprint density at radius 3 is 2.19 bits per heavy atom. The number of aromatic nitrogens is 1. The van der Waals surface area contributed by atoms with E-state index >= 15 is 0 Å². The molecule has 3 nitrogen and oxygen atoms in total. The molecule has 0 saturated carbocycles. The van der Waals surface area contributed by atoms with E-state index in [-0.39, 0.29) is 18.0 Å². The van der Waals surface area contributed by atoms with Crippen LogP contribution >= 0.6 is 11.3 Å². The molecule has 4 heteroatoms. The molecule has 1 rings (SSSR count). The Balaban J connectivity index is 2.81. The maximum atomic E-state index is 11.9. The van der Waals surface area contributed by atoms with Gasteiger partial charge < -0.3 is 0 Å².